The number of aryl methyl sites for hydroxylation is 1. The van der Waals surface area contributed by atoms with Gasteiger partial charge in [-0.1, -0.05) is 55.5 Å². The summed E-state index contributed by atoms with van der Waals surface area (Å²) in [4.78, 5) is 34.5. The second-order valence-corrected chi connectivity index (χ2v) is 7.29. The lowest BCUT2D eigenvalue weighted by molar-refractivity contribution is 0.0731. The molecule has 0 aliphatic rings. The van der Waals surface area contributed by atoms with Crippen LogP contribution in [0.3, 0.4) is 0 Å². The molecule has 2 aromatic carbocycles. The van der Waals surface area contributed by atoms with Crippen molar-refractivity contribution in [2.75, 3.05) is 0 Å². The highest BCUT2D eigenvalue weighted by Crippen LogP contribution is 2.20. The number of para-hydroxylation sites is 1. The monoisotopic (exact) mass is 397 g/mol. The number of fused-ring (bicyclic) bond motifs is 1. The van der Waals surface area contributed by atoms with E-state index in [9.17, 15) is 9.59 Å². The van der Waals surface area contributed by atoms with E-state index < -0.39 is 0 Å². The molecule has 30 heavy (non-hydrogen) atoms. The zero-order chi connectivity index (χ0) is 20.9. The van der Waals surface area contributed by atoms with Crippen LogP contribution < -0.4 is 5.56 Å². The largest absolute Gasteiger partial charge is 0.330 e. The number of hydrogen-bond donors (Lipinski definition) is 1. The Morgan fingerprint density at radius 1 is 0.933 bits per heavy atom. The quantitative estimate of drug-likeness (QED) is 0.527. The second kappa shape index (κ2) is 8.74. The van der Waals surface area contributed by atoms with Gasteiger partial charge in [-0.3, -0.25) is 14.6 Å². The topological polar surface area (TPSA) is 66.1 Å². The maximum atomic E-state index is 13.6. The summed E-state index contributed by atoms with van der Waals surface area (Å²) in [6, 6.07) is 20.9. The molecular weight excluding hydrogens is 374 g/mol. The number of aromatic nitrogens is 2. The van der Waals surface area contributed by atoms with Crippen molar-refractivity contribution in [1.29, 1.82) is 0 Å². The van der Waals surface area contributed by atoms with Crippen molar-refractivity contribution in [2.45, 2.75) is 26.4 Å². The minimum absolute atomic E-state index is 0.180. The van der Waals surface area contributed by atoms with Crippen molar-refractivity contribution in [3.05, 3.63) is 112 Å². The summed E-state index contributed by atoms with van der Waals surface area (Å²) in [5, 5.41) is 0.736. The highest BCUT2D eigenvalue weighted by atomic mass is 16.2. The van der Waals surface area contributed by atoms with Crippen molar-refractivity contribution in [1.82, 2.24) is 14.9 Å². The van der Waals surface area contributed by atoms with Crippen LogP contribution in [0, 0.1) is 0 Å². The van der Waals surface area contributed by atoms with Gasteiger partial charge in [0.15, 0.2) is 0 Å². The number of hydrogen-bond acceptors (Lipinski definition) is 3. The maximum Gasteiger partial charge on any atom is 0.255 e. The molecule has 1 N–H and O–H groups in total. The van der Waals surface area contributed by atoms with Crippen LogP contribution in [0.1, 0.15) is 34.0 Å². The molecule has 0 spiro atoms. The third-order valence-corrected chi connectivity index (χ3v) is 5.17. The summed E-state index contributed by atoms with van der Waals surface area (Å²) < 4.78 is 0. The first kappa shape index (κ1) is 19.6. The van der Waals surface area contributed by atoms with Crippen molar-refractivity contribution in [3.8, 4) is 0 Å². The molecular formula is C25H23N3O2. The van der Waals surface area contributed by atoms with Gasteiger partial charge in [-0.2, -0.15) is 0 Å². The smallest absolute Gasteiger partial charge is 0.255 e. The third-order valence-electron chi connectivity index (χ3n) is 5.17. The molecule has 0 radical (unpaired) electrons. The number of H-pyrrole nitrogens is 1. The Hall–Kier alpha value is -3.73. The van der Waals surface area contributed by atoms with Gasteiger partial charge in [0.05, 0.1) is 5.56 Å². The summed E-state index contributed by atoms with van der Waals surface area (Å²) in [6.45, 7) is 2.97. The van der Waals surface area contributed by atoms with E-state index in [4.69, 9.17) is 0 Å². The lowest BCUT2D eigenvalue weighted by Gasteiger charge is -2.24. The number of nitrogens with zero attached hydrogens (tertiary/aromatic N) is 2. The summed E-state index contributed by atoms with van der Waals surface area (Å²) in [6.07, 6.45) is 4.44. The zero-order valence-electron chi connectivity index (χ0n) is 16.8. The van der Waals surface area contributed by atoms with Gasteiger partial charge in [0.1, 0.15) is 0 Å². The number of carbonyl (C=O) groups is 1. The predicted octanol–water partition coefficient (Wildman–Crippen LogP) is 4.33. The van der Waals surface area contributed by atoms with Gasteiger partial charge >= 0.3 is 0 Å². The van der Waals surface area contributed by atoms with E-state index in [0.29, 0.717) is 24.2 Å². The molecule has 0 unspecified atom stereocenters. The van der Waals surface area contributed by atoms with Gasteiger partial charge in [0.2, 0.25) is 5.56 Å². The summed E-state index contributed by atoms with van der Waals surface area (Å²) in [7, 11) is 0. The minimum Gasteiger partial charge on any atom is -0.330 e. The molecule has 150 valence electrons. The number of carbonyl (C=O) groups excluding carboxylic acids is 1. The van der Waals surface area contributed by atoms with E-state index in [1.165, 1.54) is 11.6 Å². The standard InChI is InChI=1S/C25H23N3O2/c1-2-18-9-11-19(12-10-18)16-28(17-20-6-5-13-26-15-20)25(30)22-14-24(29)27-23-8-4-3-7-21(22)23/h3-15H,2,16-17H2,1H3,(H,27,29). The Labute approximate surface area is 175 Å². The Morgan fingerprint density at radius 3 is 2.40 bits per heavy atom. The molecule has 4 aromatic rings. The average Bonchev–Trinajstić information content (AvgIpc) is 2.78. The Kier molecular flexibility index (Phi) is 5.70. The predicted molar refractivity (Wildman–Crippen MR) is 118 cm³/mol. The number of nitrogens with one attached hydrogen (secondary N) is 1. The van der Waals surface area contributed by atoms with Crippen molar-refractivity contribution < 1.29 is 4.79 Å². The highest BCUT2D eigenvalue weighted by molar-refractivity contribution is 6.05. The normalized spacial score (nSPS) is 10.8. The molecule has 0 saturated heterocycles. The molecule has 1 amide bonds. The molecule has 0 fully saturated rings. The number of rotatable bonds is 6. The van der Waals surface area contributed by atoms with Crippen molar-refractivity contribution in [2.24, 2.45) is 0 Å². The fraction of sp³-hybridized carbons (Fsp3) is 0.160. The average molecular weight is 397 g/mol. The van der Waals surface area contributed by atoms with Gasteiger partial charge in [0, 0.05) is 42.5 Å². The number of amides is 1. The molecule has 0 atom stereocenters. The van der Waals surface area contributed by atoms with E-state index >= 15 is 0 Å². The number of aromatic amines is 1. The molecule has 0 saturated carbocycles. The van der Waals surface area contributed by atoms with Crippen LogP contribution in [0.15, 0.2) is 83.9 Å². The third kappa shape index (κ3) is 4.30. The fourth-order valence-electron chi connectivity index (χ4n) is 3.56. The van der Waals surface area contributed by atoms with E-state index in [1.807, 2.05) is 36.4 Å². The van der Waals surface area contributed by atoms with Crippen LogP contribution in [0.2, 0.25) is 0 Å². The first-order valence-corrected chi connectivity index (χ1v) is 10.0. The van der Waals surface area contributed by atoms with Crippen molar-refractivity contribution in [3.63, 3.8) is 0 Å². The number of pyridine rings is 2. The van der Waals surface area contributed by atoms with Crippen LogP contribution in [0.5, 0.6) is 0 Å². The molecule has 2 aromatic heterocycles. The van der Waals surface area contributed by atoms with E-state index in [1.54, 1.807) is 17.3 Å². The Balaban J connectivity index is 1.73. The maximum absolute atomic E-state index is 13.6. The van der Waals surface area contributed by atoms with Crippen LogP contribution in [0.4, 0.5) is 0 Å². The Morgan fingerprint density at radius 2 is 1.67 bits per heavy atom. The molecule has 0 aliphatic carbocycles. The van der Waals surface area contributed by atoms with Gasteiger partial charge in [-0.25, -0.2) is 0 Å². The van der Waals surface area contributed by atoms with E-state index in [2.05, 4.69) is 41.2 Å². The summed E-state index contributed by atoms with van der Waals surface area (Å²) in [5.41, 5.74) is 4.00. The van der Waals surface area contributed by atoms with Crippen LogP contribution in [-0.4, -0.2) is 20.8 Å². The second-order valence-electron chi connectivity index (χ2n) is 7.29. The van der Waals surface area contributed by atoms with E-state index in [0.717, 1.165) is 22.9 Å². The van der Waals surface area contributed by atoms with Gasteiger partial charge in [-0.05, 0) is 35.2 Å². The van der Waals surface area contributed by atoms with Gasteiger partial charge in [-0.15, -0.1) is 0 Å². The van der Waals surface area contributed by atoms with Crippen LogP contribution >= 0.6 is 0 Å². The summed E-state index contributed by atoms with van der Waals surface area (Å²) in [5.74, 6) is -0.180. The van der Waals surface area contributed by atoms with E-state index in [-0.39, 0.29) is 11.5 Å². The minimum atomic E-state index is -0.286. The molecule has 0 aliphatic heterocycles. The lowest BCUT2D eigenvalue weighted by atomic mass is 10.1. The van der Waals surface area contributed by atoms with Crippen LogP contribution in [0.25, 0.3) is 10.9 Å². The lowest BCUT2D eigenvalue weighted by Crippen LogP contribution is -2.31. The molecule has 2 heterocycles. The Bertz CT molecular complexity index is 1210. The van der Waals surface area contributed by atoms with Crippen LogP contribution in [-0.2, 0) is 19.5 Å². The first-order valence-electron chi connectivity index (χ1n) is 10.0. The molecule has 5 nitrogen and oxygen atoms in total. The van der Waals surface area contributed by atoms with Crippen molar-refractivity contribution >= 4 is 16.8 Å². The molecule has 5 heteroatoms. The molecule has 0 bridgehead atoms. The highest BCUT2D eigenvalue weighted by Gasteiger charge is 2.20. The SMILES string of the molecule is CCc1ccc(CN(Cc2cccnc2)C(=O)c2cc(=O)[nH]c3ccccc23)cc1. The van der Waals surface area contributed by atoms with Gasteiger partial charge < -0.3 is 9.88 Å². The molecule has 4 rings (SSSR count). The summed E-state index contributed by atoms with van der Waals surface area (Å²) >= 11 is 0. The number of benzene rings is 2. The van der Waals surface area contributed by atoms with Gasteiger partial charge in [0.25, 0.3) is 5.91 Å². The zero-order valence-corrected chi connectivity index (χ0v) is 16.8. The first-order chi connectivity index (χ1) is 14.6. The fourth-order valence-corrected chi connectivity index (χ4v) is 3.56.